The van der Waals surface area contributed by atoms with Crippen molar-refractivity contribution < 1.29 is 9.63 Å². The van der Waals surface area contributed by atoms with Crippen molar-refractivity contribution >= 4 is 5.97 Å². The summed E-state index contributed by atoms with van der Waals surface area (Å²) in [6, 6.07) is 9.93. The molecular weight excluding hydrogens is 288 g/mol. The predicted octanol–water partition coefficient (Wildman–Crippen LogP) is 3.44. The largest absolute Gasteiger partial charge is 0.373 e. The molecule has 128 valence electrons. The van der Waals surface area contributed by atoms with E-state index in [-0.39, 0.29) is 11.9 Å². The van der Waals surface area contributed by atoms with E-state index in [1.165, 1.54) is 24.8 Å². The van der Waals surface area contributed by atoms with Gasteiger partial charge in [-0.15, -0.1) is 0 Å². The second-order valence-electron chi connectivity index (χ2n) is 6.86. The van der Waals surface area contributed by atoms with Crippen LogP contribution in [0.5, 0.6) is 0 Å². The molecule has 3 atom stereocenters. The van der Waals surface area contributed by atoms with Crippen LogP contribution in [-0.4, -0.2) is 23.0 Å². The fourth-order valence-corrected chi connectivity index (χ4v) is 3.55. The SMILES string of the molecule is CCC(Cc1ccc(CN2C(C)CCCC2C)cc1)C(=O)ON. The molecule has 1 aliphatic rings. The Morgan fingerprint density at radius 2 is 1.78 bits per heavy atom. The van der Waals surface area contributed by atoms with Crippen LogP contribution in [0, 0.1) is 5.92 Å². The normalized spacial score (nSPS) is 23.5. The molecule has 3 unspecified atom stereocenters. The maximum Gasteiger partial charge on any atom is 0.327 e. The van der Waals surface area contributed by atoms with Crippen LogP contribution >= 0.6 is 0 Å². The van der Waals surface area contributed by atoms with Crippen LogP contribution in [0.1, 0.15) is 57.6 Å². The third kappa shape index (κ3) is 4.79. The molecule has 0 saturated carbocycles. The van der Waals surface area contributed by atoms with E-state index in [1.807, 2.05) is 6.92 Å². The first kappa shape index (κ1) is 18.0. The Morgan fingerprint density at radius 1 is 1.22 bits per heavy atom. The van der Waals surface area contributed by atoms with Gasteiger partial charge in [-0.05, 0) is 50.7 Å². The Kier molecular flexibility index (Phi) is 6.60. The summed E-state index contributed by atoms with van der Waals surface area (Å²) in [7, 11) is 0. The van der Waals surface area contributed by atoms with Gasteiger partial charge in [-0.3, -0.25) is 9.69 Å². The van der Waals surface area contributed by atoms with Gasteiger partial charge in [0.1, 0.15) is 0 Å². The van der Waals surface area contributed by atoms with Crippen molar-refractivity contribution in [3.05, 3.63) is 35.4 Å². The number of benzene rings is 1. The topological polar surface area (TPSA) is 55.6 Å². The minimum atomic E-state index is -0.326. The van der Waals surface area contributed by atoms with Gasteiger partial charge in [0.2, 0.25) is 0 Å². The molecule has 0 amide bonds. The Bertz CT molecular complexity index is 491. The second kappa shape index (κ2) is 8.46. The lowest BCUT2D eigenvalue weighted by Gasteiger charge is -2.39. The van der Waals surface area contributed by atoms with E-state index in [9.17, 15) is 4.79 Å². The monoisotopic (exact) mass is 318 g/mol. The third-order valence-corrected chi connectivity index (χ3v) is 5.19. The van der Waals surface area contributed by atoms with E-state index in [1.54, 1.807) is 0 Å². The number of carbonyl (C=O) groups excluding carboxylic acids is 1. The zero-order valence-electron chi connectivity index (χ0n) is 14.6. The smallest absolute Gasteiger partial charge is 0.327 e. The Labute approximate surface area is 139 Å². The summed E-state index contributed by atoms with van der Waals surface area (Å²) in [5.41, 5.74) is 2.49. The molecule has 1 fully saturated rings. The number of piperidine rings is 1. The average molecular weight is 318 g/mol. The van der Waals surface area contributed by atoms with Crippen molar-refractivity contribution in [2.45, 2.75) is 71.5 Å². The van der Waals surface area contributed by atoms with Crippen LogP contribution in [0.4, 0.5) is 0 Å². The lowest BCUT2D eigenvalue weighted by atomic mass is 9.95. The van der Waals surface area contributed by atoms with Crippen LogP contribution in [0.25, 0.3) is 0 Å². The number of rotatable bonds is 6. The summed E-state index contributed by atoms with van der Waals surface area (Å²) < 4.78 is 0. The summed E-state index contributed by atoms with van der Waals surface area (Å²) in [6.45, 7) is 7.64. The van der Waals surface area contributed by atoms with E-state index in [0.717, 1.165) is 18.5 Å². The van der Waals surface area contributed by atoms with Gasteiger partial charge in [0.05, 0.1) is 5.92 Å². The standard InChI is InChI=1S/C19H30N2O2/c1-4-18(19(22)23-20)12-16-8-10-17(11-9-16)13-21-14(2)6-5-7-15(21)3/h8-11,14-15,18H,4-7,12-13,20H2,1-3H3. The van der Waals surface area contributed by atoms with Crippen molar-refractivity contribution in [3.63, 3.8) is 0 Å². The molecule has 1 aliphatic heterocycles. The van der Waals surface area contributed by atoms with E-state index < -0.39 is 0 Å². The molecule has 0 radical (unpaired) electrons. The lowest BCUT2D eigenvalue weighted by Crippen LogP contribution is -2.42. The van der Waals surface area contributed by atoms with Crippen LogP contribution in [0.2, 0.25) is 0 Å². The number of nitrogens with zero attached hydrogens (tertiary/aromatic N) is 1. The number of hydrogen-bond acceptors (Lipinski definition) is 4. The van der Waals surface area contributed by atoms with Crippen molar-refractivity contribution in [1.82, 2.24) is 4.90 Å². The third-order valence-electron chi connectivity index (χ3n) is 5.19. The van der Waals surface area contributed by atoms with Crippen LogP contribution in [-0.2, 0) is 22.6 Å². The molecule has 0 spiro atoms. The fraction of sp³-hybridized carbons (Fsp3) is 0.632. The van der Waals surface area contributed by atoms with Crippen LogP contribution in [0.3, 0.4) is 0 Å². The number of carbonyl (C=O) groups is 1. The maximum atomic E-state index is 11.6. The lowest BCUT2D eigenvalue weighted by molar-refractivity contribution is -0.149. The Morgan fingerprint density at radius 3 is 2.30 bits per heavy atom. The van der Waals surface area contributed by atoms with Crippen molar-refractivity contribution in [2.75, 3.05) is 0 Å². The quantitative estimate of drug-likeness (QED) is 0.816. The minimum absolute atomic E-state index is 0.159. The minimum Gasteiger partial charge on any atom is -0.373 e. The first-order chi connectivity index (χ1) is 11.0. The summed E-state index contributed by atoms with van der Waals surface area (Å²) in [6.07, 6.45) is 5.35. The molecule has 1 aromatic rings. The number of likely N-dealkylation sites (tertiary alicyclic amines) is 1. The van der Waals surface area contributed by atoms with E-state index >= 15 is 0 Å². The highest BCUT2D eigenvalue weighted by molar-refractivity contribution is 5.72. The first-order valence-electron chi connectivity index (χ1n) is 8.79. The summed E-state index contributed by atoms with van der Waals surface area (Å²) in [5, 5.41) is 0. The molecule has 1 aromatic carbocycles. The van der Waals surface area contributed by atoms with Gasteiger partial charge in [0.25, 0.3) is 0 Å². The molecule has 4 nitrogen and oxygen atoms in total. The summed E-state index contributed by atoms with van der Waals surface area (Å²) in [5.74, 6) is 4.52. The molecule has 0 bridgehead atoms. The Balaban J connectivity index is 1.97. The van der Waals surface area contributed by atoms with Crippen LogP contribution < -0.4 is 5.90 Å². The molecule has 1 heterocycles. The number of hydrogen-bond donors (Lipinski definition) is 1. The highest BCUT2D eigenvalue weighted by atomic mass is 16.7. The zero-order valence-corrected chi connectivity index (χ0v) is 14.6. The van der Waals surface area contributed by atoms with Gasteiger partial charge in [0.15, 0.2) is 0 Å². The highest BCUT2D eigenvalue weighted by Gasteiger charge is 2.24. The van der Waals surface area contributed by atoms with Gasteiger partial charge in [-0.2, -0.15) is 5.90 Å². The van der Waals surface area contributed by atoms with E-state index in [4.69, 9.17) is 5.90 Å². The Hall–Kier alpha value is -1.39. The maximum absolute atomic E-state index is 11.6. The van der Waals surface area contributed by atoms with Gasteiger partial charge in [-0.1, -0.05) is 37.6 Å². The second-order valence-corrected chi connectivity index (χ2v) is 6.86. The van der Waals surface area contributed by atoms with Gasteiger partial charge in [0, 0.05) is 18.6 Å². The molecule has 2 rings (SSSR count). The van der Waals surface area contributed by atoms with Gasteiger partial charge in [-0.25, -0.2) is 0 Å². The van der Waals surface area contributed by atoms with Crippen LogP contribution in [0.15, 0.2) is 24.3 Å². The molecular formula is C19H30N2O2. The number of nitrogens with two attached hydrogens (primary N) is 1. The van der Waals surface area contributed by atoms with Gasteiger partial charge < -0.3 is 4.84 Å². The summed E-state index contributed by atoms with van der Waals surface area (Å²) >= 11 is 0. The van der Waals surface area contributed by atoms with Crippen molar-refractivity contribution in [2.24, 2.45) is 11.8 Å². The van der Waals surface area contributed by atoms with Crippen molar-refractivity contribution in [3.8, 4) is 0 Å². The molecule has 23 heavy (non-hydrogen) atoms. The summed E-state index contributed by atoms with van der Waals surface area (Å²) in [4.78, 5) is 18.6. The fourth-order valence-electron chi connectivity index (χ4n) is 3.55. The molecule has 2 N–H and O–H groups in total. The average Bonchev–Trinajstić information content (AvgIpc) is 2.56. The van der Waals surface area contributed by atoms with E-state index in [0.29, 0.717) is 18.5 Å². The first-order valence-corrected chi connectivity index (χ1v) is 8.79. The van der Waals surface area contributed by atoms with Gasteiger partial charge >= 0.3 is 5.97 Å². The van der Waals surface area contributed by atoms with E-state index in [2.05, 4.69) is 47.9 Å². The van der Waals surface area contributed by atoms with Crippen molar-refractivity contribution in [1.29, 1.82) is 0 Å². The zero-order chi connectivity index (χ0) is 16.8. The molecule has 0 aromatic heterocycles. The predicted molar refractivity (Wildman–Crippen MR) is 92.5 cm³/mol. The molecule has 1 saturated heterocycles. The highest BCUT2D eigenvalue weighted by Crippen LogP contribution is 2.25. The molecule has 4 heteroatoms. The molecule has 0 aliphatic carbocycles.